The van der Waals surface area contributed by atoms with E-state index in [2.05, 4.69) is 5.32 Å². The molecule has 0 heterocycles. The molecule has 1 fully saturated rings. The van der Waals surface area contributed by atoms with Crippen LogP contribution in [-0.4, -0.2) is 47.3 Å². The molecule has 1 N–H and O–H groups in total. The first-order valence-corrected chi connectivity index (χ1v) is 5.51. The van der Waals surface area contributed by atoms with Crippen LogP contribution in [0.1, 0.15) is 19.3 Å². The van der Waals surface area contributed by atoms with E-state index in [4.69, 9.17) is 14.2 Å². The van der Waals surface area contributed by atoms with Gasteiger partial charge in [0.05, 0.1) is 0 Å². The predicted molar refractivity (Wildman–Crippen MR) is 58.8 cm³/mol. The average molecular weight is 217 g/mol. The van der Waals surface area contributed by atoms with Crippen LogP contribution in [0, 0.1) is 5.41 Å². The Labute approximate surface area is 92.3 Å². The molecule has 0 aromatic carbocycles. The maximum atomic E-state index is 5.11. The Bertz CT molecular complexity index is 167. The van der Waals surface area contributed by atoms with Crippen LogP contribution >= 0.6 is 0 Å². The van der Waals surface area contributed by atoms with Gasteiger partial charge in [0.15, 0.2) is 6.29 Å². The minimum Gasteiger partial charge on any atom is -0.385 e. The molecule has 1 aliphatic rings. The zero-order valence-corrected chi connectivity index (χ0v) is 10.0. The third-order valence-corrected chi connectivity index (χ3v) is 3.13. The Hall–Kier alpha value is -0.160. The number of nitrogens with one attached hydrogen (secondary N) is 1. The maximum absolute atomic E-state index is 5.11. The fourth-order valence-corrected chi connectivity index (χ4v) is 1.73. The summed E-state index contributed by atoms with van der Waals surface area (Å²) < 4.78 is 15.3. The van der Waals surface area contributed by atoms with E-state index in [0.717, 1.165) is 26.1 Å². The SMILES string of the molecule is COCCC1(CNCC(OC)OC)CC1. The molecule has 15 heavy (non-hydrogen) atoms. The first-order valence-electron chi connectivity index (χ1n) is 5.51. The highest BCUT2D eigenvalue weighted by Gasteiger charge is 2.41. The number of ether oxygens (including phenoxy) is 3. The Morgan fingerprint density at radius 3 is 2.33 bits per heavy atom. The van der Waals surface area contributed by atoms with Gasteiger partial charge in [0.2, 0.25) is 0 Å². The molecule has 0 spiro atoms. The van der Waals surface area contributed by atoms with Crippen molar-refractivity contribution in [2.75, 3.05) is 41.0 Å². The van der Waals surface area contributed by atoms with Gasteiger partial charge >= 0.3 is 0 Å². The van der Waals surface area contributed by atoms with Gasteiger partial charge < -0.3 is 19.5 Å². The molecule has 0 atom stereocenters. The predicted octanol–water partition coefficient (Wildman–Crippen LogP) is 1.01. The Kier molecular flexibility index (Phi) is 5.53. The van der Waals surface area contributed by atoms with Gasteiger partial charge in [-0.15, -0.1) is 0 Å². The average Bonchev–Trinajstić information content (AvgIpc) is 3.02. The molecule has 1 rings (SSSR count). The lowest BCUT2D eigenvalue weighted by Gasteiger charge is -2.18. The Morgan fingerprint density at radius 2 is 1.87 bits per heavy atom. The fourth-order valence-electron chi connectivity index (χ4n) is 1.73. The number of hydrogen-bond donors (Lipinski definition) is 1. The van der Waals surface area contributed by atoms with Crippen LogP contribution in [0.5, 0.6) is 0 Å². The molecule has 0 radical (unpaired) electrons. The van der Waals surface area contributed by atoms with Crippen LogP contribution in [-0.2, 0) is 14.2 Å². The summed E-state index contributed by atoms with van der Waals surface area (Å²) >= 11 is 0. The van der Waals surface area contributed by atoms with E-state index in [0.29, 0.717) is 5.41 Å². The molecule has 0 aromatic heterocycles. The second kappa shape index (κ2) is 6.43. The van der Waals surface area contributed by atoms with Gasteiger partial charge in [0.25, 0.3) is 0 Å². The van der Waals surface area contributed by atoms with Crippen LogP contribution in [0.25, 0.3) is 0 Å². The summed E-state index contributed by atoms with van der Waals surface area (Å²) in [5.41, 5.74) is 0.488. The molecule has 90 valence electrons. The van der Waals surface area contributed by atoms with E-state index in [1.807, 2.05) is 0 Å². The largest absolute Gasteiger partial charge is 0.385 e. The van der Waals surface area contributed by atoms with E-state index in [-0.39, 0.29) is 6.29 Å². The number of hydrogen-bond acceptors (Lipinski definition) is 4. The summed E-state index contributed by atoms with van der Waals surface area (Å²) in [6.07, 6.45) is 3.64. The minimum atomic E-state index is -0.136. The van der Waals surface area contributed by atoms with Crippen molar-refractivity contribution in [2.45, 2.75) is 25.6 Å². The van der Waals surface area contributed by atoms with Crippen LogP contribution in [0.2, 0.25) is 0 Å². The van der Waals surface area contributed by atoms with Crippen molar-refractivity contribution in [2.24, 2.45) is 5.41 Å². The van der Waals surface area contributed by atoms with E-state index in [9.17, 15) is 0 Å². The van der Waals surface area contributed by atoms with Crippen molar-refractivity contribution in [3.05, 3.63) is 0 Å². The highest BCUT2D eigenvalue weighted by atomic mass is 16.7. The molecule has 0 aliphatic heterocycles. The topological polar surface area (TPSA) is 39.7 Å². The van der Waals surface area contributed by atoms with Crippen molar-refractivity contribution in [1.29, 1.82) is 0 Å². The molecule has 4 nitrogen and oxygen atoms in total. The first kappa shape index (κ1) is 12.9. The maximum Gasteiger partial charge on any atom is 0.169 e. The van der Waals surface area contributed by atoms with Gasteiger partial charge in [-0.05, 0) is 24.7 Å². The van der Waals surface area contributed by atoms with Crippen molar-refractivity contribution >= 4 is 0 Å². The van der Waals surface area contributed by atoms with Crippen molar-refractivity contribution in [1.82, 2.24) is 5.32 Å². The summed E-state index contributed by atoms with van der Waals surface area (Å²) in [4.78, 5) is 0. The molecule has 0 saturated heterocycles. The zero-order chi connectivity index (χ0) is 11.1. The van der Waals surface area contributed by atoms with Gasteiger partial charge in [0.1, 0.15) is 0 Å². The van der Waals surface area contributed by atoms with Gasteiger partial charge in [-0.3, -0.25) is 0 Å². The highest BCUT2D eigenvalue weighted by molar-refractivity contribution is 4.94. The summed E-state index contributed by atoms with van der Waals surface area (Å²) in [5.74, 6) is 0. The minimum absolute atomic E-state index is 0.136. The third-order valence-electron chi connectivity index (χ3n) is 3.13. The van der Waals surface area contributed by atoms with Gasteiger partial charge in [-0.25, -0.2) is 0 Å². The van der Waals surface area contributed by atoms with Crippen LogP contribution < -0.4 is 5.32 Å². The van der Waals surface area contributed by atoms with Gasteiger partial charge in [-0.1, -0.05) is 0 Å². The lowest BCUT2D eigenvalue weighted by atomic mass is 10.0. The van der Waals surface area contributed by atoms with E-state index in [1.54, 1.807) is 21.3 Å². The number of rotatable bonds is 9. The molecular weight excluding hydrogens is 194 g/mol. The third kappa shape index (κ3) is 4.47. The van der Waals surface area contributed by atoms with E-state index >= 15 is 0 Å². The number of methoxy groups -OCH3 is 3. The summed E-state index contributed by atoms with van der Waals surface area (Å²) in [6.45, 7) is 2.65. The van der Waals surface area contributed by atoms with Crippen molar-refractivity contribution in [3.8, 4) is 0 Å². The van der Waals surface area contributed by atoms with Crippen LogP contribution in [0.4, 0.5) is 0 Å². The summed E-state index contributed by atoms with van der Waals surface area (Å²) in [5, 5.41) is 3.39. The second-order valence-corrected chi connectivity index (χ2v) is 4.27. The van der Waals surface area contributed by atoms with Crippen molar-refractivity contribution in [3.63, 3.8) is 0 Å². The normalized spacial score (nSPS) is 18.4. The first-order chi connectivity index (χ1) is 7.26. The quantitative estimate of drug-likeness (QED) is 0.585. The van der Waals surface area contributed by atoms with Crippen LogP contribution in [0.15, 0.2) is 0 Å². The van der Waals surface area contributed by atoms with E-state index in [1.165, 1.54) is 12.8 Å². The summed E-state index contributed by atoms with van der Waals surface area (Å²) in [6, 6.07) is 0. The molecule has 0 amide bonds. The standard InChI is InChI=1S/C11H23NO3/c1-13-7-6-11(4-5-11)9-12-8-10(14-2)15-3/h10,12H,4-9H2,1-3H3. The monoisotopic (exact) mass is 217 g/mol. The van der Waals surface area contributed by atoms with Gasteiger partial charge in [-0.2, -0.15) is 0 Å². The molecular formula is C11H23NO3. The lowest BCUT2D eigenvalue weighted by molar-refractivity contribution is -0.0991. The fraction of sp³-hybridized carbons (Fsp3) is 1.00. The smallest absolute Gasteiger partial charge is 0.169 e. The zero-order valence-electron chi connectivity index (χ0n) is 10.0. The Morgan fingerprint density at radius 1 is 1.20 bits per heavy atom. The Balaban J connectivity index is 2.08. The molecule has 0 bridgehead atoms. The molecule has 0 aromatic rings. The molecule has 4 heteroatoms. The summed E-state index contributed by atoms with van der Waals surface area (Å²) in [7, 11) is 5.08. The lowest BCUT2D eigenvalue weighted by Crippen LogP contribution is -2.34. The second-order valence-electron chi connectivity index (χ2n) is 4.27. The molecule has 1 saturated carbocycles. The van der Waals surface area contributed by atoms with Crippen molar-refractivity contribution < 1.29 is 14.2 Å². The molecule has 0 unspecified atom stereocenters. The van der Waals surface area contributed by atoms with Crippen LogP contribution in [0.3, 0.4) is 0 Å². The van der Waals surface area contributed by atoms with E-state index < -0.39 is 0 Å². The molecule has 1 aliphatic carbocycles. The highest BCUT2D eigenvalue weighted by Crippen LogP contribution is 2.48. The van der Waals surface area contributed by atoms with Gasteiger partial charge in [0, 0.05) is 41.0 Å².